The van der Waals surface area contributed by atoms with Crippen LogP contribution < -0.4 is 0 Å². The molecule has 0 bridgehead atoms. The van der Waals surface area contributed by atoms with Crippen molar-refractivity contribution in [3.8, 4) is 0 Å². The standard InChI is InChI=1S/C11H6BrF7O/c12-6-2-1-5(7(13)4-6)3-8(20)9(10(14,15)16)11(17,18)19/h1-2,4,9H,3H2. The topological polar surface area (TPSA) is 17.1 Å². The Balaban J connectivity index is 3.04. The molecule has 1 aromatic rings. The van der Waals surface area contributed by atoms with Gasteiger partial charge in [-0.05, 0) is 17.7 Å². The molecule has 0 aliphatic rings. The Morgan fingerprint density at radius 3 is 2.00 bits per heavy atom. The molecule has 0 N–H and O–H groups in total. The molecule has 0 fully saturated rings. The van der Waals surface area contributed by atoms with Gasteiger partial charge < -0.3 is 0 Å². The van der Waals surface area contributed by atoms with E-state index >= 15 is 0 Å². The molecule has 0 aromatic heterocycles. The van der Waals surface area contributed by atoms with E-state index in [9.17, 15) is 35.5 Å². The molecule has 112 valence electrons. The third-order valence-electron chi connectivity index (χ3n) is 2.36. The summed E-state index contributed by atoms with van der Waals surface area (Å²) in [4.78, 5) is 11.2. The molecule has 9 heteroatoms. The minimum Gasteiger partial charge on any atom is -0.298 e. The number of hydrogen-bond acceptors (Lipinski definition) is 1. The smallest absolute Gasteiger partial charge is 0.298 e. The summed E-state index contributed by atoms with van der Waals surface area (Å²) < 4.78 is 87.3. The molecule has 1 rings (SSSR count). The van der Waals surface area contributed by atoms with Crippen molar-refractivity contribution in [1.82, 2.24) is 0 Å². The fourth-order valence-electron chi connectivity index (χ4n) is 1.51. The second-order valence-electron chi connectivity index (χ2n) is 3.90. The maximum atomic E-state index is 13.3. The largest absolute Gasteiger partial charge is 0.407 e. The molecule has 0 atom stereocenters. The van der Waals surface area contributed by atoms with Gasteiger partial charge in [0.15, 0.2) is 5.78 Å². The van der Waals surface area contributed by atoms with Crippen molar-refractivity contribution >= 4 is 21.7 Å². The molecular formula is C11H6BrF7O. The van der Waals surface area contributed by atoms with E-state index in [2.05, 4.69) is 15.9 Å². The van der Waals surface area contributed by atoms with Crippen molar-refractivity contribution in [2.75, 3.05) is 0 Å². The van der Waals surface area contributed by atoms with Gasteiger partial charge in [-0.25, -0.2) is 4.39 Å². The third-order valence-corrected chi connectivity index (χ3v) is 2.85. The lowest BCUT2D eigenvalue weighted by Gasteiger charge is -2.21. The second-order valence-corrected chi connectivity index (χ2v) is 4.81. The number of carbonyl (C=O) groups excluding carboxylic acids is 1. The van der Waals surface area contributed by atoms with Crippen LogP contribution in [0.5, 0.6) is 0 Å². The van der Waals surface area contributed by atoms with Crippen molar-refractivity contribution < 1.29 is 35.5 Å². The van der Waals surface area contributed by atoms with E-state index in [-0.39, 0.29) is 4.47 Å². The summed E-state index contributed by atoms with van der Waals surface area (Å²) in [7, 11) is 0. The van der Waals surface area contributed by atoms with Crippen LogP contribution in [0, 0.1) is 11.7 Å². The molecule has 0 amide bonds. The SMILES string of the molecule is O=C(Cc1ccc(Br)cc1F)C(C(F)(F)F)C(F)(F)F. The van der Waals surface area contributed by atoms with Gasteiger partial charge in [-0.3, -0.25) is 4.79 Å². The van der Waals surface area contributed by atoms with Crippen LogP contribution in [0.1, 0.15) is 5.56 Å². The van der Waals surface area contributed by atoms with Gasteiger partial charge >= 0.3 is 12.4 Å². The highest BCUT2D eigenvalue weighted by Gasteiger charge is 2.60. The highest BCUT2D eigenvalue weighted by atomic mass is 79.9. The van der Waals surface area contributed by atoms with E-state index in [0.717, 1.165) is 12.1 Å². The molecule has 0 saturated heterocycles. The maximum Gasteiger partial charge on any atom is 0.407 e. The lowest BCUT2D eigenvalue weighted by atomic mass is 9.96. The minimum atomic E-state index is -5.76. The number of Topliss-reactive ketones (excluding diaryl/α,β-unsaturated/α-hetero) is 1. The zero-order chi connectivity index (χ0) is 15.7. The molecule has 0 saturated carbocycles. The van der Waals surface area contributed by atoms with Gasteiger partial charge in [-0.2, -0.15) is 26.3 Å². The Morgan fingerprint density at radius 2 is 1.60 bits per heavy atom. The third kappa shape index (κ3) is 4.19. The summed E-state index contributed by atoms with van der Waals surface area (Å²) in [6, 6.07) is 3.00. The lowest BCUT2D eigenvalue weighted by molar-refractivity contribution is -0.273. The normalized spacial score (nSPS) is 12.8. The number of hydrogen-bond donors (Lipinski definition) is 0. The van der Waals surface area contributed by atoms with Gasteiger partial charge in [0.05, 0.1) is 0 Å². The van der Waals surface area contributed by atoms with E-state index in [4.69, 9.17) is 0 Å². The molecule has 0 heterocycles. The number of halogens is 8. The van der Waals surface area contributed by atoms with Crippen LogP contribution in [0.3, 0.4) is 0 Å². The predicted molar refractivity (Wildman–Crippen MR) is 58.4 cm³/mol. The maximum absolute atomic E-state index is 13.3. The molecule has 0 unspecified atom stereocenters. The molecule has 0 aliphatic heterocycles. The Morgan fingerprint density at radius 1 is 1.10 bits per heavy atom. The lowest BCUT2D eigenvalue weighted by Crippen LogP contribution is -2.43. The zero-order valence-electron chi connectivity index (χ0n) is 9.45. The zero-order valence-corrected chi connectivity index (χ0v) is 11.0. The first kappa shape index (κ1) is 16.9. The quantitative estimate of drug-likeness (QED) is 0.722. The van der Waals surface area contributed by atoms with E-state index < -0.39 is 41.9 Å². The van der Waals surface area contributed by atoms with Crippen LogP contribution >= 0.6 is 15.9 Å². The summed E-state index contributed by atoms with van der Waals surface area (Å²) in [5.41, 5.74) is -0.531. The minimum absolute atomic E-state index is 0.245. The molecule has 0 radical (unpaired) electrons. The first-order valence-corrected chi connectivity index (χ1v) is 5.82. The molecule has 1 aromatic carbocycles. The predicted octanol–water partition coefficient (Wildman–Crippen LogP) is 4.44. The Labute approximate surface area is 116 Å². The van der Waals surface area contributed by atoms with Gasteiger partial charge in [-0.1, -0.05) is 22.0 Å². The Hall–Kier alpha value is -1.12. The van der Waals surface area contributed by atoms with Crippen molar-refractivity contribution in [2.24, 2.45) is 5.92 Å². The van der Waals surface area contributed by atoms with Crippen molar-refractivity contribution in [3.05, 3.63) is 34.1 Å². The first-order valence-electron chi connectivity index (χ1n) is 5.03. The van der Waals surface area contributed by atoms with Crippen molar-refractivity contribution in [2.45, 2.75) is 18.8 Å². The fourth-order valence-corrected chi connectivity index (χ4v) is 1.84. The fraction of sp³-hybridized carbons (Fsp3) is 0.364. The van der Waals surface area contributed by atoms with E-state index in [1.807, 2.05) is 0 Å². The summed E-state index contributed by atoms with van der Waals surface area (Å²) >= 11 is 2.87. The monoisotopic (exact) mass is 366 g/mol. The van der Waals surface area contributed by atoms with Crippen LogP contribution in [0.2, 0.25) is 0 Å². The highest BCUT2D eigenvalue weighted by Crippen LogP contribution is 2.40. The second kappa shape index (κ2) is 5.71. The molecule has 0 spiro atoms. The molecular weight excluding hydrogens is 361 g/mol. The number of alkyl halides is 6. The van der Waals surface area contributed by atoms with Crippen LogP contribution in [0.15, 0.2) is 22.7 Å². The van der Waals surface area contributed by atoms with Crippen LogP contribution in [-0.2, 0) is 11.2 Å². The van der Waals surface area contributed by atoms with Crippen LogP contribution in [-0.4, -0.2) is 18.1 Å². The highest BCUT2D eigenvalue weighted by molar-refractivity contribution is 9.10. The molecule has 20 heavy (non-hydrogen) atoms. The summed E-state index contributed by atoms with van der Waals surface area (Å²) in [5, 5.41) is 0. The Kier molecular flexibility index (Phi) is 4.83. The number of rotatable bonds is 3. The van der Waals surface area contributed by atoms with E-state index in [1.54, 1.807) is 0 Å². The molecule has 0 aliphatic carbocycles. The van der Waals surface area contributed by atoms with Gasteiger partial charge in [0.25, 0.3) is 0 Å². The summed E-state index contributed by atoms with van der Waals surface area (Å²) in [6.45, 7) is 0. The number of carbonyl (C=O) groups is 1. The average Bonchev–Trinajstić information content (AvgIpc) is 2.17. The van der Waals surface area contributed by atoms with Gasteiger partial charge in [-0.15, -0.1) is 0 Å². The van der Waals surface area contributed by atoms with E-state index in [1.165, 1.54) is 6.07 Å². The average molecular weight is 367 g/mol. The summed E-state index contributed by atoms with van der Waals surface area (Å²) in [6.07, 6.45) is -12.8. The molecule has 1 nitrogen and oxygen atoms in total. The number of benzene rings is 1. The summed E-state index contributed by atoms with van der Waals surface area (Å²) in [5.74, 6) is -7.32. The van der Waals surface area contributed by atoms with Crippen molar-refractivity contribution in [3.63, 3.8) is 0 Å². The Bertz CT molecular complexity index is 492. The first-order chi connectivity index (χ1) is 8.93. The van der Waals surface area contributed by atoms with Crippen LogP contribution in [0.25, 0.3) is 0 Å². The van der Waals surface area contributed by atoms with Crippen LogP contribution in [0.4, 0.5) is 30.7 Å². The van der Waals surface area contributed by atoms with Crippen molar-refractivity contribution in [1.29, 1.82) is 0 Å². The van der Waals surface area contributed by atoms with Gasteiger partial charge in [0.2, 0.25) is 5.92 Å². The number of ketones is 1. The van der Waals surface area contributed by atoms with Gasteiger partial charge in [0, 0.05) is 10.9 Å². The van der Waals surface area contributed by atoms with Gasteiger partial charge in [0.1, 0.15) is 5.82 Å². The van der Waals surface area contributed by atoms with E-state index in [0.29, 0.717) is 0 Å².